The van der Waals surface area contributed by atoms with Gasteiger partial charge in [0.1, 0.15) is 52.5 Å². The van der Waals surface area contributed by atoms with Gasteiger partial charge in [0.2, 0.25) is 11.8 Å². The Morgan fingerprint density at radius 2 is 1.08 bits per heavy atom. The van der Waals surface area contributed by atoms with Crippen molar-refractivity contribution in [3.8, 4) is 17.8 Å². The molecule has 1 N–H and O–H groups in total. The van der Waals surface area contributed by atoms with E-state index in [0.717, 1.165) is 137 Å². The number of benzene rings is 3. The van der Waals surface area contributed by atoms with E-state index in [9.17, 15) is 19.5 Å². The summed E-state index contributed by atoms with van der Waals surface area (Å²) in [4.78, 5) is 105. The molecule has 35 nitrogen and oxygen atoms in total. The molecule has 125 heavy (non-hydrogen) atoms. The number of nitrogens with zero attached hydrogens (tertiary/aromatic N) is 24. The van der Waals surface area contributed by atoms with Gasteiger partial charge in [0.05, 0.1) is 104 Å². The molecule has 0 saturated carbocycles. The van der Waals surface area contributed by atoms with Crippen molar-refractivity contribution < 1.29 is 52.6 Å². The summed E-state index contributed by atoms with van der Waals surface area (Å²) in [6.45, 7) is 26.2. The molecule has 10 aromatic heterocycles. The highest BCUT2D eigenvalue weighted by Crippen LogP contribution is 2.37. The molecule has 0 spiro atoms. The number of anilines is 5. The van der Waals surface area contributed by atoms with Crippen LogP contribution in [0, 0.1) is 41.5 Å². The maximum Gasteiger partial charge on any atom is 0.320 e. The Labute approximate surface area is 726 Å². The van der Waals surface area contributed by atoms with Crippen LogP contribution in [0.2, 0.25) is 0 Å². The van der Waals surface area contributed by atoms with E-state index in [4.69, 9.17) is 43.1 Å². The Kier molecular flexibility index (Phi) is 29.4. The summed E-state index contributed by atoms with van der Waals surface area (Å²) in [6.07, 6.45) is 12.0. The predicted molar refractivity (Wildman–Crippen MR) is 478 cm³/mol. The normalized spacial score (nSPS) is 14.3. The Morgan fingerprint density at radius 1 is 0.512 bits per heavy atom. The van der Waals surface area contributed by atoms with E-state index in [2.05, 4.69) is 124 Å². The van der Waals surface area contributed by atoms with Crippen molar-refractivity contribution in [2.75, 3.05) is 192 Å². The van der Waals surface area contributed by atoms with Gasteiger partial charge in [0.15, 0.2) is 51.3 Å². The molecular weight excluding hydrogens is 1590 g/mol. The van der Waals surface area contributed by atoms with Crippen molar-refractivity contribution in [1.82, 2.24) is 92.7 Å². The SMILES string of the molecule is COc1nc(N2CCOCC2)c2c(n1)c(OCc1cccc(C)c1)cn2CCN(C)C.Cc1cc(CC(=O)n2cnc3c(N4CCOCC4)nc(OCCc4cnn(C)c4)nc32)ccn1.Cc1cccc(CC(=O)n2c(CN(C)C)nc3c(N4CCOCC4)nc(C)nc32)c1.Cc1cccc(N(C)C(=O)c2cn(CCO)c3c(N4CCOCC4)nc(C)nc23)c1. The zero-order valence-electron chi connectivity index (χ0n) is 73.7. The number of aliphatic hydroxyl groups is 1. The van der Waals surface area contributed by atoms with Crippen LogP contribution >= 0.6 is 0 Å². The van der Waals surface area contributed by atoms with Crippen LogP contribution in [-0.2, 0) is 71.5 Å². The molecule has 658 valence electrons. The lowest BCUT2D eigenvalue weighted by Gasteiger charge is -2.28. The molecule has 0 bridgehead atoms. The number of aryl methyl sites for hydroxylation is 7. The second-order valence-corrected chi connectivity index (χ2v) is 31.9. The number of hydrogen-bond acceptors (Lipinski definition) is 29. The van der Waals surface area contributed by atoms with E-state index in [1.807, 2.05) is 138 Å². The van der Waals surface area contributed by atoms with Gasteiger partial charge >= 0.3 is 12.0 Å². The van der Waals surface area contributed by atoms with Gasteiger partial charge in [-0.2, -0.15) is 25.0 Å². The van der Waals surface area contributed by atoms with E-state index < -0.39 is 0 Å². The van der Waals surface area contributed by atoms with Crippen molar-refractivity contribution in [3.05, 3.63) is 190 Å². The second-order valence-electron chi connectivity index (χ2n) is 31.9. The molecule has 0 radical (unpaired) electrons. The summed E-state index contributed by atoms with van der Waals surface area (Å²) in [5, 5.41) is 13.8. The van der Waals surface area contributed by atoms with Crippen molar-refractivity contribution in [1.29, 1.82) is 0 Å². The molecule has 17 rings (SSSR count). The highest BCUT2D eigenvalue weighted by atomic mass is 16.5. The Morgan fingerprint density at radius 3 is 1.69 bits per heavy atom. The average molecular weight is 1710 g/mol. The van der Waals surface area contributed by atoms with Gasteiger partial charge < -0.3 is 81.7 Å². The minimum Gasteiger partial charge on any atom is -0.485 e. The third-order valence-electron chi connectivity index (χ3n) is 21.5. The lowest BCUT2D eigenvalue weighted by molar-refractivity contribution is 0.0906. The summed E-state index contributed by atoms with van der Waals surface area (Å²) in [7, 11) is 13.3. The molecule has 0 aliphatic carbocycles. The number of likely N-dealkylation sites (N-methyl/N-ethyl adjacent to an activating group) is 1. The highest BCUT2D eigenvalue weighted by molar-refractivity contribution is 6.14. The van der Waals surface area contributed by atoms with E-state index in [-0.39, 0.29) is 36.8 Å². The number of amides is 1. The van der Waals surface area contributed by atoms with Crippen molar-refractivity contribution >= 4 is 91.1 Å². The van der Waals surface area contributed by atoms with Gasteiger partial charge in [0, 0.05) is 129 Å². The topological polar surface area (TPSA) is 338 Å². The molecular formula is C90H112N24O11. The second kappa shape index (κ2) is 41.3. The molecule has 3 aromatic carbocycles. The molecule has 4 aliphatic rings. The summed E-state index contributed by atoms with van der Waals surface area (Å²) in [6, 6.07) is 28.5. The van der Waals surface area contributed by atoms with Gasteiger partial charge in [0.25, 0.3) is 5.91 Å². The van der Waals surface area contributed by atoms with Crippen LogP contribution in [0.15, 0.2) is 122 Å². The van der Waals surface area contributed by atoms with Crippen LogP contribution < -0.4 is 38.7 Å². The van der Waals surface area contributed by atoms with Gasteiger partial charge in [-0.1, -0.05) is 71.8 Å². The fourth-order valence-electron chi connectivity index (χ4n) is 15.4. The first-order valence-corrected chi connectivity index (χ1v) is 42.2. The lowest BCUT2D eigenvalue weighted by atomic mass is 10.1. The minimum absolute atomic E-state index is 0.0361. The third-order valence-corrected chi connectivity index (χ3v) is 21.5. The van der Waals surface area contributed by atoms with E-state index in [1.54, 1.807) is 46.9 Å². The number of aliphatic hydroxyl groups excluding tert-OH is 1. The number of morpholine rings is 4. The van der Waals surface area contributed by atoms with Gasteiger partial charge in [-0.15, -0.1) is 0 Å². The van der Waals surface area contributed by atoms with Crippen molar-refractivity contribution in [2.24, 2.45) is 7.05 Å². The van der Waals surface area contributed by atoms with Crippen LogP contribution in [0.1, 0.15) is 82.1 Å². The first kappa shape index (κ1) is 88.8. The summed E-state index contributed by atoms with van der Waals surface area (Å²) < 4.78 is 48.6. The minimum atomic E-state index is -0.145. The Bertz CT molecular complexity index is 5900. The monoisotopic (exact) mass is 1700 g/mol. The van der Waals surface area contributed by atoms with Crippen LogP contribution in [0.3, 0.4) is 0 Å². The number of imidazole rings is 2. The van der Waals surface area contributed by atoms with E-state index in [1.165, 1.54) is 16.5 Å². The molecule has 14 heterocycles. The molecule has 4 fully saturated rings. The standard InChI is InChI=1S/C23H26N8O3.C23H31N5O3.C22H28N6O2.C22H27N5O3/c1-16-11-17(3-5-24-16)12-19(32)31-15-25-20-21(30-6-9-33-10-7-30)27-23(28-22(20)31)34-8-4-18-13-26-29(2)14-18;1-17-6-5-7-18(14-17)16-31-19-15-28(9-8-26(2)3)21-20(19)24-23(29-4)25-22(21)27-10-12-30-13-11-27;1-15-6-5-7-17(12-15)13-19(29)28-18(14-26(3)4)25-20-21(23-16(2)24-22(20)28)27-8-10-30-11-9-27;1-15-5-4-6-17(13-15)25(3)22(29)18-14-27(7-10-28)20-19(18)23-16(2)24-21(20)26-8-11-30-12-9-26/h3,5,11,13-15H,4,6-10,12H2,1-2H3;5-7,14-15H,8-13,16H2,1-4H3;5-7,12H,8-11,13-14H2,1-4H3;4-6,13-14,28H,7-12H2,1-3H3. The molecule has 13 aromatic rings. The number of methoxy groups -OCH3 is 1. The van der Waals surface area contributed by atoms with Crippen LogP contribution in [-0.4, -0.2) is 283 Å². The average Bonchev–Trinajstić information content (AvgIpc) is 1.65. The number of carbonyl (C=O) groups excluding carboxylic acids is 3. The molecule has 0 unspecified atom stereocenters. The fourth-order valence-corrected chi connectivity index (χ4v) is 15.4. The Balaban J connectivity index is 0.000000136. The van der Waals surface area contributed by atoms with E-state index in [0.29, 0.717) is 168 Å². The number of fused-ring (bicyclic) bond motifs is 4. The lowest BCUT2D eigenvalue weighted by Crippen LogP contribution is -2.37. The maximum atomic E-state index is 13.4. The van der Waals surface area contributed by atoms with Crippen LogP contribution in [0.25, 0.3) is 44.4 Å². The maximum absolute atomic E-state index is 13.4. The number of rotatable bonds is 25. The largest absolute Gasteiger partial charge is 0.485 e. The molecule has 1 amide bonds. The van der Waals surface area contributed by atoms with Gasteiger partial charge in [-0.05, 0) is 122 Å². The number of ether oxygens (including phenoxy) is 7. The number of hydrogen-bond donors (Lipinski definition) is 1. The summed E-state index contributed by atoms with van der Waals surface area (Å²) >= 11 is 0. The summed E-state index contributed by atoms with van der Waals surface area (Å²) in [5.74, 6) is 5.43. The van der Waals surface area contributed by atoms with Crippen molar-refractivity contribution in [2.45, 2.75) is 87.0 Å². The Hall–Kier alpha value is -12.5. The number of carbonyl (C=O) groups is 3. The van der Waals surface area contributed by atoms with Crippen molar-refractivity contribution in [3.63, 3.8) is 0 Å². The quantitative estimate of drug-likeness (QED) is 0.0558. The predicted octanol–water partition coefficient (Wildman–Crippen LogP) is 8.71. The molecule has 35 heteroatoms. The van der Waals surface area contributed by atoms with Gasteiger partial charge in [-0.25, -0.2) is 34.5 Å². The third kappa shape index (κ3) is 22.0. The molecule has 4 saturated heterocycles. The first-order valence-electron chi connectivity index (χ1n) is 42.2. The smallest absolute Gasteiger partial charge is 0.320 e. The molecule has 4 aliphatic heterocycles. The highest BCUT2D eigenvalue weighted by Gasteiger charge is 2.31. The number of pyridine rings is 1. The zero-order valence-corrected chi connectivity index (χ0v) is 73.7. The van der Waals surface area contributed by atoms with Crippen LogP contribution in [0.4, 0.5) is 29.0 Å². The van der Waals surface area contributed by atoms with Crippen LogP contribution in [0.5, 0.6) is 17.8 Å². The molecule has 0 atom stereocenters. The zero-order chi connectivity index (χ0) is 87.8. The fraction of sp³-hybridized carbons (Fsp3) is 0.433. The number of aromatic nitrogens is 17. The first-order chi connectivity index (χ1) is 60.5. The van der Waals surface area contributed by atoms with E-state index >= 15 is 0 Å². The van der Waals surface area contributed by atoms with Gasteiger partial charge in [-0.3, -0.25) is 28.6 Å². The summed E-state index contributed by atoms with van der Waals surface area (Å²) in [5.41, 5.74) is 15.1.